The van der Waals surface area contributed by atoms with Crippen LogP contribution in [0.5, 0.6) is 0 Å². The third kappa shape index (κ3) is 1.97. The van der Waals surface area contributed by atoms with Gasteiger partial charge in [0.25, 0.3) is 6.43 Å². The van der Waals surface area contributed by atoms with Gasteiger partial charge >= 0.3 is 6.18 Å². The first-order chi connectivity index (χ1) is 6.34. The lowest BCUT2D eigenvalue weighted by Crippen LogP contribution is -2.13. The Balaban J connectivity index is 3.38. The molecule has 0 saturated heterocycles. The van der Waals surface area contributed by atoms with Crippen molar-refractivity contribution in [3.63, 3.8) is 0 Å². The molecule has 14 heavy (non-hydrogen) atoms. The Morgan fingerprint density at radius 2 is 1.71 bits per heavy atom. The third-order valence-corrected chi connectivity index (χ3v) is 1.45. The molecule has 7 heteroatoms. The monoisotopic (exact) mass is 215 g/mol. The van der Waals surface area contributed by atoms with Crippen molar-refractivity contribution >= 4 is 0 Å². The molecule has 78 valence electrons. The summed E-state index contributed by atoms with van der Waals surface area (Å²) in [6.07, 6.45) is -8.00. The maximum absolute atomic E-state index is 12.6. The number of nitrogens with zero attached hydrogens (tertiary/aromatic N) is 1. The number of pyridine rings is 1. The molecule has 0 radical (unpaired) electrons. The summed E-state index contributed by atoms with van der Waals surface area (Å²) in [5.41, 5.74) is -3.40. The average Bonchev–Trinajstić information content (AvgIpc) is 2.01. The van der Waals surface area contributed by atoms with Gasteiger partial charge in [-0.05, 0) is 0 Å². The van der Waals surface area contributed by atoms with Gasteiger partial charge in [0.05, 0.1) is 11.8 Å². The molecule has 1 aromatic heterocycles. The maximum Gasteiger partial charge on any atom is 0.419 e. The summed E-state index contributed by atoms with van der Waals surface area (Å²) in [4.78, 5) is 2.92. The number of hydrogen-bond acceptors (Lipinski definition) is 1. The van der Waals surface area contributed by atoms with Gasteiger partial charge in [0.1, 0.15) is 5.56 Å². The number of aromatic nitrogens is 1. The van der Waals surface area contributed by atoms with Crippen LogP contribution >= 0.6 is 0 Å². The summed E-state index contributed by atoms with van der Waals surface area (Å²) in [5.74, 6) is -1.80. The van der Waals surface area contributed by atoms with Crippen LogP contribution in [0.4, 0.5) is 26.3 Å². The van der Waals surface area contributed by atoms with Crippen LogP contribution in [0.25, 0.3) is 0 Å². The number of halogens is 6. The molecule has 0 fully saturated rings. The molecule has 1 rings (SSSR count). The van der Waals surface area contributed by atoms with Gasteiger partial charge in [0, 0.05) is 6.20 Å². The van der Waals surface area contributed by atoms with Crippen molar-refractivity contribution < 1.29 is 26.3 Å². The molecule has 0 unspecified atom stereocenters. The summed E-state index contributed by atoms with van der Waals surface area (Å²) >= 11 is 0. The van der Waals surface area contributed by atoms with Gasteiger partial charge in [-0.15, -0.1) is 0 Å². The van der Waals surface area contributed by atoms with E-state index in [1.54, 1.807) is 0 Å². The van der Waals surface area contributed by atoms with Crippen molar-refractivity contribution in [2.75, 3.05) is 0 Å². The van der Waals surface area contributed by atoms with E-state index in [2.05, 4.69) is 4.98 Å². The van der Waals surface area contributed by atoms with E-state index in [9.17, 15) is 26.3 Å². The van der Waals surface area contributed by atoms with Crippen molar-refractivity contribution in [2.45, 2.75) is 12.6 Å². The highest BCUT2D eigenvalue weighted by Crippen LogP contribution is 2.37. The van der Waals surface area contributed by atoms with E-state index in [1.807, 2.05) is 0 Å². The summed E-state index contributed by atoms with van der Waals surface area (Å²) in [5, 5.41) is 0. The third-order valence-electron chi connectivity index (χ3n) is 1.45. The first-order valence-corrected chi connectivity index (χ1v) is 3.32. The van der Waals surface area contributed by atoms with Gasteiger partial charge in [0.2, 0.25) is 0 Å². The molecule has 1 nitrogen and oxygen atoms in total. The highest BCUT2D eigenvalue weighted by molar-refractivity contribution is 5.28. The van der Waals surface area contributed by atoms with E-state index in [-0.39, 0.29) is 6.20 Å². The van der Waals surface area contributed by atoms with Gasteiger partial charge in [-0.1, -0.05) is 0 Å². The van der Waals surface area contributed by atoms with E-state index in [1.165, 1.54) is 0 Å². The fourth-order valence-corrected chi connectivity index (χ4v) is 0.915. The summed E-state index contributed by atoms with van der Waals surface area (Å²) in [6, 6.07) is 0. The highest BCUT2D eigenvalue weighted by Gasteiger charge is 2.39. The fourth-order valence-electron chi connectivity index (χ4n) is 0.915. The van der Waals surface area contributed by atoms with Crippen molar-refractivity contribution in [3.05, 3.63) is 29.3 Å². The quantitative estimate of drug-likeness (QED) is 0.655. The van der Waals surface area contributed by atoms with Crippen LogP contribution in [0, 0.1) is 5.82 Å². The molecule has 0 atom stereocenters. The standard InChI is InChI=1S/C7H3F6N/c8-4-2-14-1-3(6(9)10)5(4)7(11,12)13/h1-2,6H. The highest BCUT2D eigenvalue weighted by atomic mass is 19.4. The second-order valence-corrected chi connectivity index (χ2v) is 2.38. The lowest BCUT2D eigenvalue weighted by Gasteiger charge is -2.11. The van der Waals surface area contributed by atoms with Gasteiger partial charge in [-0.25, -0.2) is 13.2 Å². The van der Waals surface area contributed by atoms with Gasteiger partial charge in [0.15, 0.2) is 5.82 Å². The van der Waals surface area contributed by atoms with Gasteiger partial charge in [-0.3, -0.25) is 4.98 Å². The van der Waals surface area contributed by atoms with Crippen molar-refractivity contribution in [3.8, 4) is 0 Å². The van der Waals surface area contributed by atoms with E-state index in [4.69, 9.17) is 0 Å². The molecule has 0 amide bonds. The molecule has 1 heterocycles. The largest absolute Gasteiger partial charge is 0.419 e. The Kier molecular flexibility index (Phi) is 2.68. The fraction of sp³-hybridized carbons (Fsp3) is 0.286. The molecule has 0 N–H and O–H groups in total. The van der Waals surface area contributed by atoms with Gasteiger partial charge < -0.3 is 0 Å². The summed E-state index contributed by atoms with van der Waals surface area (Å²) < 4.78 is 72.9. The molecular weight excluding hydrogens is 212 g/mol. The zero-order valence-corrected chi connectivity index (χ0v) is 6.45. The predicted molar refractivity (Wildman–Crippen MR) is 34.2 cm³/mol. The molecule has 0 saturated carbocycles. The van der Waals surface area contributed by atoms with Crippen LogP contribution in [0.3, 0.4) is 0 Å². The molecular formula is C7H3F6N. The molecule has 0 spiro atoms. The topological polar surface area (TPSA) is 12.9 Å². The smallest absolute Gasteiger partial charge is 0.261 e. The molecule has 0 aliphatic rings. The molecule has 1 aromatic rings. The second kappa shape index (κ2) is 3.47. The van der Waals surface area contributed by atoms with E-state index >= 15 is 0 Å². The minimum absolute atomic E-state index is 0.245. The summed E-state index contributed by atoms with van der Waals surface area (Å²) in [6.45, 7) is 0. The lowest BCUT2D eigenvalue weighted by atomic mass is 10.1. The SMILES string of the molecule is Fc1cncc(C(F)F)c1C(F)(F)F. The number of alkyl halides is 5. The minimum Gasteiger partial charge on any atom is -0.261 e. The number of hydrogen-bond donors (Lipinski definition) is 0. The molecule has 0 bridgehead atoms. The number of rotatable bonds is 1. The first-order valence-electron chi connectivity index (χ1n) is 3.32. The average molecular weight is 215 g/mol. The Morgan fingerprint density at radius 1 is 1.14 bits per heavy atom. The van der Waals surface area contributed by atoms with Crippen LogP contribution in [-0.2, 0) is 6.18 Å². The van der Waals surface area contributed by atoms with Crippen LogP contribution in [0.1, 0.15) is 17.6 Å². The van der Waals surface area contributed by atoms with E-state index < -0.39 is 29.5 Å². The normalized spacial score (nSPS) is 12.2. The Morgan fingerprint density at radius 3 is 2.07 bits per heavy atom. The van der Waals surface area contributed by atoms with Crippen LogP contribution in [0.2, 0.25) is 0 Å². The Labute approximate surface area is 74.4 Å². The first kappa shape index (κ1) is 10.8. The zero-order chi connectivity index (χ0) is 10.9. The lowest BCUT2D eigenvalue weighted by molar-refractivity contribution is -0.142. The van der Waals surface area contributed by atoms with Gasteiger partial charge in [-0.2, -0.15) is 13.2 Å². The maximum atomic E-state index is 12.6. The molecule has 0 aliphatic heterocycles. The zero-order valence-electron chi connectivity index (χ0n) is 6.45. The molecule has 0 aliphatic carbocycles. The second-order valence-electron chi connectivity index (χ2n) is 2.38. The van der Waals surface area contributed by atoms with Crippen molar-refractivity contribution in [1.29, 1.82) is 0 Å². The Hall–Kier alpha value is -1.27. The van der Waals surface area contributed by atoms with Crippen LogP contribution in [0.15, 0.2) is 12.4 Å². The summed E-state index contributed by atoms with van der Waals surface area (Å²) in [7, 11) is 0. The van der Waals surface area contributed by atoms with Crippen LogP contribution < -0.4 is 0 Å². The van der Waals surface area contributed by atoms with Crippen molar-refractivity contribution in [1.82, 2.24) is 4.98 Å². The van der Waals surface area contributed by atoms with Crippen LogP contribution in [-0.4, -0.2) is 4.98 Å². The Bertz CT molecular complexity index is 331. The van der Waals surface area contributed by atoms with E-state index in [0.717, 1.165) is 0 Å². The van der Waals surface area contributed by atoms with Crippen molar-refractivity contribution in [2.24, 2.45) is 0 Å². The minimum atomic E-state index is -5.14. The predicted octanol–water partition coefficient (Wildman–Crippen LogP) is 3.18. The molecule has 0 aromatic carbocycles. The van der Waals surface area contributed by atoms with E-state index in [0.29, 0.717) is 6.20 Å².